The van der Waals surface area contributed by atoms with Gasteiger partial charge in [-0.1, -0.05) is 18.5 Å². The molecule has 0 aliphatic carbocycles. The average Bonchev–Trinajstić information content (AvgIpc) is 3.00. The van der Waals surface area contributed by atoms with Crippen molar-refractivity contribution in [2.75, 3.05) is 34.5 Å². The first kappa shape index (κ1) is 20.9. The number of methoxy groups -OCH3 is 3. The van der Waals surface area contributed by atoms with Crippen LogP contribution in [0.5, 0.6) is 17.2 Å². The SMILES string of the molecule is CCCOC(=O)c1[nH]c(CCN)c(-c2ccc(OC)c(OC)c2OC)c1Cl. The molecule has 0 fully saturated rings. The Labute approximate surface area is 163 Å². The molecule has 1 heterocycles. The highest BCUT2D eigenvalue weighted by Crippen LogP contribution is 2.47. The number of rotatable bonds is 9. The summed E-state index contributed by atoms with van der Waals surface area (Å²) in [5, 5.41) is 0.255. The standard InChI is InChI=1S/C19H25ClN2O5/c1-5-10-27-19(23)16-15(20)14(12(22-16)8-9-21)11-6-7-13(24-2)18(26-4)17(11)25-3/h6-7,22H,5,8-10,21H2,1-4H3. The fourth-order valence-electron chi connectivity index (χ4n) is 2.84. The molecule has 0 radical (unpaired) electrons. The molecule has 0 amide bonds. The molecule has 0 bridgehead atoms. The van der Waals surface area contributed by atoms with Gasteiger partial charge in [0.25, 0.3) is 0 Å². The van der Waals surface area contributed by atoms with Gasteiger partial charge in [0.15, 0.2) is 11.5 Å². The van der Waals surface area contributed by atoms with Gasteiger partial charge in [0, 0.05) is 23.2 Å². The summed E-state index contributed by atoms with van der Waals surface area (Å²) in [6, 6.07) is 3.55. The van der Waals surface area contributed by atoms with Crippen LogP contribution in [0.4, 0.5) is 0 Å². The van der Waals surface area contributed by atoms with Crippen LogP contribution >= 0.6 is 11.6 Å². The molecule has 1 aromatic carbocycles. The highest BCUT2D eigenvalue weighted by Gasteiger charge is 2.27. The number of aromatic nitrogens is 1. The molecule has 0 aliphatic heterocycles. The zero-order valence-electron chi connectivity index (χ0n) is 16.0. The minimum absolute atomic E-state index is 0.195. The van der Waals surface area contributed by atoms with Crippen LogP contribution in [0.1, 0.15) is 29.5 Å². The van der Waals surface area contributed by atoms with Gasteiger partial charge in [-0.15, -0.1) is 0 Å². The zero-order chi connectivity index (χ0) is 20.0. The predicted octanol–water partition coefficient (Wildman–Crippen LogP) is 3.43. The highest BCUT2D eigenvalue weighted by atomic mass is 35.5. The van der Waals surface area contributed by atoms with Crippen molar-refractivity contribution in [1.82, 2.24) is 4.98 Å². The summed E-state index contributed by atoms with van der Waals surface area (Å²) in [6.45, 7) is 2.61. The van der Waals surface area contributed by atoms with E-state index < -0.39 is 5.97 Å². The Kier molecular flexibility index (Phi) is 7.38. The van der Waals surface area contributed by atoms with Crippen LogP contribution in [-0.4, -0.2) is 45.4 Å². The number of hydrogen-bond acceptors (Lipinski definition) is 6. The molecule has 0 aliphatic rings. The number of halogens is 1. The van der Waals surface area contributed by atoms with Gasteiger partial charge < -0.3 is 29.7 Å². The number of hydrogen-bond donors (Lipinski definition) is 2. The number of ether oxygens (including phenoxy) is 4. The van der Waals surface area contributed by atoms with Crippen LogP contribution in [0, 0.1) is 0 Å². The second kappa shape index (κ2) is 9.53. The Morgan fingerprint density at radius 1 is 1.15 bits per heavy atom. The van der Waals surface area contributed by atoms with Gasteiger partial charge in [0.1, 0.15) is 5.69 Å². The van der Waals surface area contributed by atoms with Crippen LogP contribution in [0.3, 0.4) is 0 Å². The van der Waals surface area contributed by atoms with Crippen molar-refractivity contribution in [1.29, 1.82) is 0 Å². The maximum atomic E-state index is 12.4. The lowest BCUT2D eigenvalue weighted by Gasteiger charge is -2.16. The predicted molar refractivity (Wildman–Crippen MR) is 104 cm³/mol. The summed E-state index contributed by atoms with van der Waals surface area (Å²) in [7, 11) is 4.60. The maximum absolute atomic E-state index is 12.4. The Morgan fingerprint density at radius 3 is 2.41 bits per heavy atom. The zero-order valence-corrected chi connectivity index (χ0v) is 16.7. The van der Waals surface area contributed by atoms with Crippen molar-refractivity contribution in [3.8, 4) is 28.4 Å². The smallest absolute Gasteiger partial charge is 0.356 e. The fourth-order valence-corrected chi connectivity index (χ4v) is 3.18. The van der Waals surface area contributed by atoms with Crippen LogP contribution in [0.15, 0.2) is 12.1 Å². The third-order valence-electron chi connectivity index (χ3n) is 4.03. The normalized spacial score (nSPS) is 10.6. The van der Waals surface area contributed by atoms with Gasteiger partial charge in [0.05, 0.1) is 33.0 Å². The molecule has 0 atom stereocenters. The summed E-state index contributed by atoms with van der Waals surface area (Å²) in [6.07, 6.45) is 1.21. The van der Waals surface area contributed by atoms with Gasteiger partial charge in [-0.05, 0) is 25.1 Å². The summed E-state index contributed by atoms with van der Waals surface area (Å²) in [4.78, 5) is 15.4. The number of benzene rings is 1. The molecule has 0 saturated heterocycles. The molecule has 0 saturated carbocycles. The molecular weight excluding hydrogens is 372 g/mol. The van der Waals surface area contributed by atoms with Gasteiger partial charge in [-0.3, -0.25) is 0 Å². The van der Waals surface area contributed by atoms with Crippen molar-refractivity contribution < 1.29 is 23.7 Å². The van der Waals surface area contributed by atoms with E-state index in [9.17, 15) is 4.79 Å². The van der Waals surface area contributed by atoms with Crippen LogP contribution in [0.25, 0.3) is 11.1 Å². The van der Waals surface area contributed by atoms with E-state index in [1.54, 1.807) is 19.2 Å². The molecule has 27 heavy (non-hydrogen) atoms. The summed E-state index contributed by atoms with van der Waals surface area (Å²) in [5.41, 5.74) is 7.94. The van der Waals surface area contributed by atoms with Gasteiger partial charge in [-0.25, -0.2) is 4.79 Å². The lowest BCUT2D eigenvalue weighted by molar-refractivity contribution is 0.0499. The fraction of sp³-hybridized carbons (Fsp3) is 0.421. The van der Waals surface area contributed by atoms with E-state index in [4.69, 9.17) is 36.3 Å². The number of nitrogens with two attached hydrogens (primary N) is 1. The van der Waals surface area contributed by atoms with E-state index in [0.717, 1.165) is 12.1 Å². The lowest BCUT2D eigenvalue weighted by Crippen LogP contribution is -2.08. The molecule has 2 aromatic rings. The average molecular weight is 397 g/mol. The minimum Gasteiger partial charge on any atom is -0.493 e. The molecule has 148 valence electrons. The van der Waals surface area contributed by atoms with E-state index in [0.29, 0.717) is 47.9 Å². The first-order valence-electron chi connectivity index (χ1n) is 8.60. The lowest BCUT2D eigenvalue weighted by atomic mass is 10.0. The molecule has 3 N–H and O–H groups in total. The number of aromatic amines is 1. The number of esters is 1. The third kappa shape index (κ3) is 4.14. The van der Waals surface area contributed by atoms with E-state index in [-0.39, 0.29) is 10.7 Å². The quantitative estimate of drug-likeness (QED) is 0.630. The summed E-state index contributed by atoms with van der Waals surface area (Å²) >= 11 is 6.57. The first-order chi connectivity index (χ1) is 13.0. The van der Waals surface area contributed by atoms with Crippen molar-refractivity contribution >= 4 is 17.6 Å². The molecule has 2 rings (SSSR count). The topological polar surface area (TPSA) is 95.8 Å². The Balaban J connectivity index is 2.67. The van der Waals surface area contributed by atoms with Crippen LogP contribution in [0.2, 0.25) is 5.02 Å². The van der Waals surface area contributed by atoms with Gasteiger partial charge >= 0.3 is 5.97 Å². The Hall–Kier alpha value is -2.38. The highest BCUT2D eigenvalue weighted by molar-refractivity contribution is 6.36. The van der Waals surface area contributed by atoms with Gasteiger partial charge in [-0.2, -0.15) is 0 Å². The second-order valence-corrected chi connectivity index (χ2v) is 6.10. The van der Waals surface area contributed by atoms with Crippen molar-refractivity contribution in [2.45, 2.75) is 19.8 Å². The molecule has 0 spiro atoms. The number of nitrogens with one attached hydrogen (secondary N) is 1. The largest absolute Gasteiger partial charge is 0.493 e. The number of H-pyrrole nitrogens is 1. The second-order valence-electron chi connectivity index (χ2n) is 5.72. The van der Waals surface area contributed by atoms with Crippen molar-refractivity contribution in [3.63, 3.8) is 0 Å². The first-order valence-corrected chi connectivity index (χ1v) is 8.98. The van der Waals surface area contributed by atoms with E-state index >= 15 is 0 Å². The van der Waals surface area contributed by atoms with Crippen LogP contribution in [-0.2, 0) is 11.2 Å². The van der Waals surface area contributed by atoms with Crippen LogP contribution < -0.4 is 19.9 Å². The Morgan fingerprint density at radius 2 is 1.85 bits per heavy atom. The van der Waals surface area contributed by atoms with Gasteiger partial charge in [0.2, 0.25) is 5.75 Å². The summed E-state index contributed by atoms with van der Waals surface area (Å²) in [5.74, 6) is 0.895. The molecule has 0 unspecified atom stereocenters. The molecular formula is C19H25ClN2O5. The number of carbonyl (C=O) groups excluding carboxylic acids is 1. The van der Waals surface area contributed by atoms with E-state index in [1.807, 2.05) is 6.92 Å². The van der Waals surface area contributed by atoms with E-state index in [2.05, 4.69) is 4.98 Å². The number of carbonyl (C=O) groups is 1. The maximum Gasteiger partial charge on any atom is 0.356 e. The summed E-state index contributed by atoms with van der Waals surface area (Å²) < 4.78 is 21.6. The Bertz CT molecular complexity index is 804. The monoisotopic (exact) mass is 396 g/mol. The van der Waals surface area contributed by atoms with Crippen molar-refractivity contribution in [3.05, 3.63) is 28.5 Å². The van der Waals surface area contributed by atoms with Crippen molar-refractivity contribution in [2.24, 2.45) is 5.73 Å². The third-order valence-corrected chi connectivity index (χ3v) is 4.40. The minimum atomic E-state index is -0.509. The molecule has 8 heteroatoms. The van der Waals surface area contributed by atoms with E-state index in [1.165, 1.54) is 14.2 Å². The molecule has 7 nitrogen and oxygen atoms in total. The molecule has 1 aromatic heterocycles.